The van der Waals surface area contributed by atoms with Gasteiger partial charge in [-0.2, -0.15) is 0 Å². The number of carbonyl (C=O) groups excluding carboxylic acids is 4. The highest BCUT2D eigenvalue weighted by Crippen LogP contribution is 2.56. The lowest BCUT2D eigenvalue weighted by atomic mass is 10.1. The Kier molecular flexibility index (Phi) is 15.7. The zero-order valence-electron chi connectivity index (χ0n) is 40.7. The number of hydrogen-bond donors (Lipinski definition) is 4. The fourth-order valence-corrected chi connectivity index (χ4v) is 8.45. The maximum absolute atomic E-state index is 12.4. The Morgan fingerprint density at radius 1 is 0.612 bits per heavy atom. The minimum atomic E-state index is -0.523. The van der Waals surface area contributed by atoms with Crippen LogP contribution >= 0.6 is 12.4 Å². The number of oxime groups is 1. The number of fused-ring (bicyclic) bond motifs is 9. The van der Waals surface area contributed by atoms with Gasteiger partial charge >= 0.3 is 18.3 Å². The highest BCUT2D eigenvalue weighted by atomic mass is 35.5. The molecule has 0 bridgehead atoms. The molecule has 3 aliphatic heterocycles. The number of Topliss-reactive ketones (excluding diaryl/α,β-unsaturated/α-hetero) is 1. The van der Waals surface area contributed by atoms with Crippen molar-refractivity contribution in [2.45, 2.75) is 143 Å². The fourth-order valence-electron chi connectivity index (χ4n) is 8.45. The molecule has 0 spiro atoms. The second-order valence-electron chi connectivity index (χ2n) is 21.0. The summed E-state index contributed by atoms with van der Waals surface area (Å²) in [4.78, 5) is 67.5. The van der Waals surface area contributed by atoms with Crippen LogP contribution in [-0.2, 0) is 14.2 Å². The first kappa shape index (κ1) is 52.5. The first-order chi connectivity index (χ1) is 30.8. The van der Waals surface area contributed by atoms with Gasteiger partial charge in [0.05, 0.1) is 45.5 Å². The van der Waals surface area contributed by atoms with Gasteiger partial charge in [-0.05, 0) is 150 Å². The van der Waals surface area contributed by atoms with Crippen molar-refractivity contribution in [3.8, 4) is 0 Å². The molecular formula is C48H68ClN9O9. The molecule has 0 saturated heterocycles. The second kappa shape index (κ2) is 20.0. The fraction of sp³-hybridized carbons (Fsp3) is 0.583. The third-order valence-corrected chi connectivity index (χ3v) is 11.9. The average molecular weight is 951 g/mol. The zero-order chi connectivity index (χ0) is 48.8. The molecule has 6 N–H and O–H groups in total. The molecular weight excluding hydrogens is 882 g/mol. The highest BCUT2D eigenvalue weighted by Gasteiger charge is 2.51. The van der Waals surface area contributed by atoms with Crippen LogP contribution in [-0.4, -0.2) is 91.6 Å². The normalized spacial score (nSPS) is 22.9. The molecule has 67 heavy (non-hydrogen) atoms. The Balaban J connectivity index is 0.000000183. The van der Waals surface area contributed by atoms with Crippen LogP contribution in [0.25, 0.3) is 0 Å². The molecule has 3 saturated carbocycles. The summed E-state index contributed by atoms with van der Waals surface area (Å²) in [5.41, 5.74) is 12.1. The van der Waals surface area contributed by atoms with Gasteiger partial charge in [0, 0.05) is 50.4 Å². The van der Waals surface area contributed by atoms with Crippen molar-refractivity contribution in [2.75, 3.05) is 34.3 Å². The zero-order valence-corrected chi connectivity index (χ0v) is 41.5. The number of ketones is 1. The standard InChI is InChI=1S/C16H21N3O3.C16H23N3O2.C16H20N2O3.ClH.H3NO/c1-9(18-21)12-5-6-13-14(17-12)11-7-10(11)8-19(13)15(20)22-16(2,3)4;1-9(17)12-5-6-13-14(18-12)11-7-10(11)8-19(13)15(20)21-16(2,3)4;1-9(19)12-5-6-13-14(17-12)11-7-10(11)8-18(13)15(20)21-16(2,3)4;;1-2/h5-6,10-11,21H,7-8H2,1-4H3;5-6,9-11H,7-8,17H2,1-4H3;5-6,10-11H,7-8H2,1-4H3;1H;2H,1H2/b18-9+;;;;. The van der Waals surface area contributed by atoms with Crippen LogP contribution in [0.2, 0.25) is 0 Å². The predicted octanol–water partition coefficient (Wildman–Crippen LogP) is 9.00. The number of anilines is 3. The third kappa shape index (κ3) is 12.6. The first-order valence-electron chi connectivity index (χ1n) is 22.6. The number of amides is 3. The van der Waals surface area contributed by atoms with Crippen LogP contribution in [0.4, 0.5) is 31.4 Å². The average Bonchev–Trinajstić information content (AvgIpc) is 4.13. The SMILES string of the molecule is C/C(=N\O)c1ccc2c(n1)C1CC1CN2C(=O)OC(C)(C)C.CC(=O)c1ccc2c(n1)C1CC1CN2C(=O)OC(C)(C)C.CC(N)c1ccc2c(n1)C1CC1CN2C(=O)OC(C)(C)C.Cl.NO. The maximum atomic E-state index is 12.4. The number of ether oxygens (including phenoxy) is 3. The molecule has 0 aromatic carbocycles. The molecule has 6 aliphatic rings. The molecule has 366 valence electrons. The Hall–Kier alpha value is -5.43. The summed E-state index contributed by atoms with van der Waals surface area (Å²) in [7, 11) is 0. The van der Waals surface area contributed by atoms with Crippen molar-refractivity contribution in [1.29, 1.82) is 0 Å². The van der Waals surface area contributed by atoms with Crippen LogP contribution in [0, 0.1) is 17.8 Å². The highest BCUT2D eigenvalue weighted by molar-refractivity contribution is 5.98. The predicted molar refractivity (Wildman–Crippen MR) is 256 cm³/mol. The van der Waals surface area contributed by atoms with Crippen LogP contribution in [0.3, 0.4) is 0 Å². The molecule has 7 unspecified atom stereocenters. The maximum Gasteiger partial charge on any atom is 0.414 e. The van der Waals surface area contributed by atoms with Gasteiger partial charge < -0.3 is 30.4 Å². The molecule has 3 fully saturated rings. The van der Waals surface area contributed by atoms with Gasteiger partial charge in [-0.1, -0.05) is 5.16 Å². The first-order valence-corrected chi connectivity index (χ1v) is 22.6. The van der Waals surface area contributed by atoms with E-state index in [9.17, 15) is 19.2 Å². The second-order valence-corrected chi connectivity index (χ2v) is 21.0. The number of carbonyl (C=O) groups is 4. The van der Waals surface area contributed by atoms with E-state index in [4.69, 9.17) is 35.3 Å². The number of aromatic nitrogens is 3. The molecule has 18 nitrogen and oxygen atoms in total. The van der Waals surface area contributed by atoms with Crippen LogP contribution in [0.1, 0.15) is 165 Å². The van der Waals surface area contributed by atoms with Crippen molar-refractivity contribution in [3.05, 3.63) is 70.6 Å². The van der Waals surface area contributed by atoms with Crippen molar-refractivity contribution in [3.63, 3.8) is 0 Å². The minimum Gasteiger partial charge on any atom is -0.443 e. The lowest BCUT2D eigenvalue weighted by Gasteiger charge is -2.31. The van der Waals surface area contributed by atoms with Crippen molar-refractivity contribution in [2.24, 2.45) is 34.5 Å². The van der Waals surface area contributed by atoms with E-state index in [0.29, 0.717) is 65.7 Å². The van der Waals surface area contributed by atoms with Gasteiger partial charge in [0.1, 0.15) is 28.2 Å². The Labute approximate surface area is 399 Å². The van der Waals surface area contributed by atoms with E-state index in [1.54, 1.807) is 33.8 Å². The van der Waals surface area contributed by atoms with Crippen LogP contribution < -0.4 is 26.3 Å². The van der Waals surface area contributed by atoms with Crippen molar-refractivity contribution >= 4 is 59.2 Å². The van der Waals surface area contributed by atoms with Crippen molar-refractivity contribution in [1.82, 2.24) is 15.0 Å². The van der Waals surface area contributed by atoms with E-state index >= 15 is 0 Å². The summed E-state index contributed by atoms with van der Waals surface area (Å²) in [5.74, 6) is 6.13. The van der Waals surface area contributed by atoms with Gasteiger partial charge in [-0.25, -0.2) is 30.2 Å². The van der Waals surface area contributed by atoms with Gasteiger partial charge in [-0.15, -0.1) is 12.4 Å². The number of pyridine rings is 3. The molecule has 9 rings (SSSR count). The molecule has 3 aliphatic carbocycles. The number of nitrogens with zero attached hydrogens (tertiary/aromatic N) is 7. The van der Waals surface area contributed by atoms with Crippen LogP contribution in [0.15, 0.2) is 41.6 Å². The summed E-state index contributed by atoms with van der Waals surface area (Å²) < 4.78 is 16.5. The van der Waals surface area contributed by atoms with Crippen molar-refractivity contribution < 1.29 is 43.8 Å². The summed E-state index contributed by atoms with van der Waals surface area (Å²) >= 11 is 0. The summed E-state index contributed by atoms with van der Waals surface area (Å²) in [6.45, 7) is 24.0. The third-order valence-electron chi connectivity index (χ3n) is 11.9. The Morgan fingerprint density at radius 2 is 0.940 bits per heavy atom. The summed E-state index contributed by atoms with van der Waals surface area (Å²) in [5, 5.41) is 18.6. The number of rotatable bonds is 3. The van der Waals surface area contributed by atoms with E-state index in [1.165, 1.54) is 6.92 Å². The van der Waals surface area contributed by atoms with Gasteiger partial charge in [0.15, 0.2) is 5.78 Å². The molecule has 7 atom stereocenters. The largest absolute Gasteiger partial charge is 0.443 e. The van der Waals surface area contributed by atoms with E-state index in [1.807, 2.05) is 93.5 Å². The summed E-state index contributed by atoms with van der Waals surface area (Å²) in [6.07, 6.45) is 2.21. The lowest BCUT2D eigenvalue weighted by Crippen LogP contribution is -2.40. The smallest absolute Gasteiger partial charge is 0.414 e. The van der Waals surface area contributed by atoms with E-state index in [2.05, 4.69) is 21.0 Å². The van der Waals surface area contributed by atoms with E-state index in [-0.39, 0.29) is 42.5 Å². The number of nitrogens with two attached hydrogens (primary N) is 2. The molecule has 3 aromatic rings. The molecule has 0 radical (unpaired) electrons. The molecule has 3 amide bonds. The lowest BCUT2D eigenvalue weighted by molar-refractivity contribution is 0.0565. The molecule has 3 aromatic heterocycles. The Morgan fingerprint density at radius 3 is 1.27 bits per heavy atom. The monoisotopic (exact) mass is 949 g/mol. The number of hydrogen-bond acceptors (Lipinski definition) is 15. The van der Waals surface area contributed by atoms with E-state index in [0.717, 1.165) is 65.6 Å². The van der Waals surface area contributed by atoms with Gasteiger partial charge in [0.25, 0.3) is 0 Å². The number of halogens is 1. The topological polar surface area (TPSA) is 249 Å². The van der Waals surface area contributed by atoms with E-state index < -0.39 is 16.8 Å². The van der Waals surface area contributed by atoms with Gasteiger partial charge in [0.2, 0.25) is 0 Å². The quantitative estimate of drug-likeness (QED) is 0.0629. The van der Waals surface area contributed by atoms with Crippen LogP contribution in [0.5, 0.6) is 0 Å². The summed E-state index contributed by atoms with van der Waals surface area (Å²) in [6, 6.07) is 10.9. The molecule has 19 heteroatoms. The Bertz CT molecular complexity index is 2380. The van der Waals surface area contributed by atoms with Gasteiger partial charge in [-0.3, -0.25) is 24.5 Å². The minimum absolute atomic E-state index is 0. The molecule has 6 heterocycles.